The van der Waals surface area contributed by atoms with Crippen molar-refractivity contribution >= 4 is 21.9 Å². The second-order valence-corrected chi connectivity index (χ2v) is 3.57. The van der Waals surface area contributed by atoms with Crippen LogP contribution in [0.15, 0.2) is 16.6 Å². The molecule has 0 amide bonds. The first-order valence-electron chi connectivity index (χ1n) is 3.92. The molecule has 0 aliphatic carbocycles. The highest BCUT2D eigenvalue weighted by atomic mass is 79.9. The molecule has 0 bridgehead atoms. The number of alkyl halides is 3. The number of methoxy groups -OCH3 is 1. The van der Waals surface area contributed by atoms with E-state index >= 15 is 0 Å². The Labute approximate surface area is 96.3 Å². The first-order valence-corrected chi connectivity index (χ1v) is 4.72. The predicted octanol–water partition coefficient (Wildman–Crippen LogP) is 3.39. The highest BCUT2D eigenvalue weighted by molar-refractivity contribution is 9.10. The Morgan fingerprint density at radius 3 is 2.38 bits per heavy atom. The molecule has 88 valence electrons. The first-order chi connectivity index (χ1) is 7.29. The monoisotopic (exact) mass is 300 g/mol. The van der Waals surface area contributed by atoms with Gasteiger partial charge < -0.3 is 4.74 Å². The number of ether oxygens (including phenoxy) is 1. The van der Waals surface area contributed by atoms with Gasteiger partial charge in [0.1, 0.15) is 5.82 Å². The van der Waals surface area contributed by atoms with Gasteiger partial charge in [0.05, 0.1) is 22.7 Å². The maximum absolute atomic E-state index is 13.0. The molecular weight excluding hydrogens is 296 g/mol. The maximum atomic E-state index is 13.0. The van der Waals surface area contributed by atoms with Crippen LogP contribution in [0.2, 0.25) is 0 Å². The molecular formula is C9H5BrF4O2. The predicted molar refractivity (Wildman–Crippen MR) is 50.4 cm³/mol. The number of rotatable bonds is 1. The van der Waals surface area contributed by atoms with Gasteiger partial charge in [0, 0.05) is 0 Å². The van der Waals surface area contributed by atoms with Gasteiger partial charge in [-0.1, -0.05) is 0 Å². The molecule has 1 aromatic carbocycles. The van der Waals surface area contributed by atoms with Crippen molar-refractivity contribution in [1.29, 1.82) is 0 Å². The minimum Gasteiger partial charge on any atom is -0.465 e. The van der Waals surface area contributed by atoms with Crippen LogP contribution in [0.1, 0.15) is 15.9 Å². The van der Waals surface area contributed by atoms with Crippen molar-refractivity contribution in [2.45, 2.75) is 6.18 Å². The summed E-state index contributed by atoms with van der Waals surface area (Å²) in [5.74, 6) is -2.27. The Hall–Kier alpha value is -1.11. The van der Waals surface area contributed by atoms with Gasteiger partial charge in [0.2, 0.25) is 0 Å². The van der Waals surface area contributed by atoms with Gasteiger partial charge in [0.15, 0.2) is 0 Å². The van der Waals surface area contributed by atoms with E-state index < -0.39 is 33.6 Å². The molecule has 0 fully saturated rings. The maximum Gasteiger partial charge on any atom is 0.418 e. The third kappa shape index (κ3) is 2.34. The van der Waals surface area contributed by atoms with E-state index in [1.807, 2.05) is 0 Å². The average molecular weight is 301 g/mol. The van der Waals surface area contributed by atoms with Gasteiger partial charge >= 0.3 is 12.1 Å². The highest BCUT2D eigenvalue weighted by Gasteiger charge is 2.39. The molecule has 0 saturated heterocycles. The normalized spacial score (nSPS) is 11.4. The van der Waals surface area contributed by atoms with Gasteiger partial charge in [0.25, 0.3) is 0 Å². The van der Waals surface area contributed by atoms with E-state index in [0.29, 0.717) is 0 Å². The lowest BCUT2D eigenvalue weighted by molar-refractivity contribution is -0.138. The Balaban J connectivity index is 3.52. The molecule has 1 aromatic rings. The highest BCUT2D eigenvalue weighted by Crippen LogP contribution is 2.38. The first kappa shape index (κ1) is 13.0. The van der Waals surface area contributed by atoms with Gasteiger partial charge in [-0.3, -0.25) is 0 Å². The van der Waals surface area contributed by atoms with Crippen LogP contribution < -0.4 is 0 Å². The van der Waals surface area contributed by atoms with Gasteiger partial charge in [-0.25, -0.2) is 9.18 Å². The van der Waals surface area contributed by atoms with Crippen LogP contribution in [-0.2, 0) is 10.9 Å². The SMILES string of the molecule is COC(=O)c1ccc(F)c(Br)c1C(F)(F)F. The average Bonchev–Trinajstić information content (AvgIpc) is 2.18. The molecule has 0 aliphatic heterocycles. The van der Waals surface area contributed by atoms with E-state index in [-0.39, 0.29) is 0 Å². The molecule has 2 nitrogen and oxygen atoms in total. The second-order valence-electron chi connectivity index (χ2n) is 2.77. The summed E-state index contributed by atoms with van der Waals surface area (Å²) < 4.78 is 54.1. The number of hydrogen-bond acceptors (Lipinski definition) is 2. The van der Waals surface area contributed by atoms with E-state index in [1.165, 1.54) is 0 Å². The zero-order valence-electron chi connectivity index (χ0n) is 7.86. The number of carbonyl (C=O) groups excluding carboxylic acids is 1. The van der Waals surface area contributed by atoms with Crippen LogP contribution >= 0.6 is 15.9 Å². The van der Waals surface area contributed by atoms with Crippen LogP contribution in [0.4, 0.5) is 17.6 Å². The summed E-state index contributed by atoms with van der Waals surface area (Å²) in [4.78, 5) is 11.1. The summed E-state index contributed by atoms with van der Waals surface area (Å²) in [7, 11) is 0.944. The van der Waals surface area contributed by atoms with Crippen molar-refractivity contribution < 1.29 is 27.1 Å². The minimum absolute atomic E-state index is 0.731. The third-order valence-corrected chi connectivity index (χ3v) is 2.56. The minimum atomic E-state index is -4.84. The number of esters is 1. The molecule has 0 heterocycles. The van der Waals surface area contributed by atoms with E-state index in [9.17, 15) is 22.4 Å². The van der Waals surface area contributed by atoms with E-state index in [4.69, 9.17) is 0 Å². The van der Waals surface area contributed by atoms with Crippen molar-refractivity contribution in [2.75, 3.05) is 7.11 Å². The lowest BCUT2D eigenvalue weighted by Crippen LogP contribution is -2.15. The fourth-order valence-electron chi connectivity index (χ4n) is 1.11. The molecule has 0 N–H and O–H groups in total. The molecule has 0 unspecified atom stereocenters. The molecule has 0 aliphatic rings. The fraction of sp³-hybridized carbons (Fsp3) is 0.222. The summed E-state index contributed by atoms with van der Waals surface area (Å²) in [6.45, 7) is 0. The number of benzene rings is 1. The van der Waals surface area contributed by atoms with Crippen LogP contribution in [0.5, 0.6) is 0 Å². The standard InChI is InChI=1S/C9H5BrF4O2/c1-16-8(15)4-2-3-5(11)7(10)6(4)9(12,13)14/h2-3H,1H3. The molecule has 1 rings (SSSR count). The fourth-order valence-corrected chi connectivity index (χ4v) is 1.68. The number of halogens is 5. The van der Waals surface area contributed by atoms with Crippen molar-refractivity contribution in [3.05, 3.63) is 33.5 Å². The third-order valence-electron chi connectivity index (χ3n) is 1.78. The van der Waals surface area contributed by atoms with Crippen molar-refractivity contribution in [3.8, 4) is 0 Å². The van der Waals surface area contributed by atoms with Gasteiger partial charge in [-0.15, -0.1) is 0 Å². The molecule has 0 spiro atoms. The van der Waals surface area contributed by atoms with Crippen molar-refractivity contribution in [2.24, 2.45) is 0 Å². The quantitative estimate of drug-likeness (QED) is 0.587. The number of hydrogen-bond donors (Lipinski definition) is 0. The number of carbonyl (C=O) groups is 1. The summed E-state index contributed by atoms with van der Waals surface area (Å²) in [6.07, 6.45) is -4.84. The van der Waals surface area contributed by atoms with Gasteiger partial charge in [-0.05, 0) is 28.1 Å². The molecule has 0 atom stereocenters. The smallest absolute Gasteiger partial charge is 0.418 e. The van der Waals surface area contributed by atoms with Gasteiger partial charge in [-0.2, -0.15) is 13.2 Å². The lowest BCUT2D eigenvalue weighted by atomic mass is 10.1. The molecule has 0 radical (unpaired) electrons. The Bertz CT molecular complexity index is 428. The van der Waals surface area contributed by atoms with Crippen LogP contribution in [-0.4, -0.2) is 13.1 Å². The van der Waals surface area contributed by atoms with E-state index in [1.54, 1.807) is 0 Å². The van der Waals surface area contributed by atoms with Crippen LogP contribution in [0, 0.1) is 5.82 Å². The zero-order valence-corrected chi connectivity index (χ0v) is 9.45. The topological polar surface area (TPSA) is 26.3 Å². The largest absolute Gasteiger partial charge is 0.465 e. The second kappa shape index (κ2) is 4.40. The zero-order chi connectivity index (χ0) is 12.5. The lowest BCUT2D eigenvalue weighted by Gasteiger charge is -2.13. The molecule has 7 heteroatoms. The summed E-state index contributed by atoms with van der Waals surface area (Å²) in [5.41, 5.74) is -2.11. The van der Waals surface area contributed by atoms with Crippen molar-refractivity contribution in [1.82, 2.24) is 0 Å². The van der Waals surface area contributed by atoms with E-state index in [2.05, 4.69) is 20.7 Å². The van der Waals surface area contributed by atoms with Crippen LogP contribution in [0.3, 0.4) is 0 Å². The molecule has 0 aromatic heterocycles. The summed E-state index contributed by atoms with van der Waals surface area (Å²) >= 11 is 2.46. The van der Waals surface area contributed by atoms with Crippen molar-refractivity contribution in [3.63, 3.8) is 0 Å². The summed E-state index contributed by atoms with van der Waals surface area (Å²) in [5, 5.41) is 0. The van der Waals surface area contributed by atoms with Crippen LogP contribution in [0.25, 0.3) is 0 Å². The Morgan fingerprint density at radius 1 is 1.38 bits per heavy atom. The Morgan fingerprint density at radius 2 is 1.94 bits per heavy atom. The molecule has 16 heavy (non-hydrogen) atoms. The van der Waals surface area contributed by atoms with E-state index in [0.717, 1.165) is 19.2 Å². The molecule has 0 saturated carbocycles. The Kier molecular flexibility index (Phi) is 3.57. The summed E-state index contributed by atoms with van der Waals surface area (Å²) in [6, 6.07) is 1.49.